The van der Waals surface area contributed by atoms with E-state index in [1.54, 1.807) is 6.92 Å². The van der Waals surface area contributed by atoms with E-state index in [0.29, 0.717) is 0 Å². The van der Waals surface area contributed by atoms with E-state index < -0.39 is 20.5 Å². The molecular formula is C13H17BrO4S. The fraction of sp³-hybridized carbons (Fsp3) is 0.538. The molecule has 2 rings (SSSR count). The summed E-state index contributed by atoms with van der Waals surface area (Å²) >= 11 is 3.33. The van der Waals surface area contributed by atoms with E-state index in [9.17, 15) is 18.6 Å². The molecule has 6 heteroatoms. The number of halogens is 1. The summed E-state index contributed by atoms with van der Waals surface area (Å²) in [5.74, 6) is -0.313. The molecule has 2 unspecified atom stereocenters. The first-order valence-electron chi connectivity index (χ1n) is 6.11. The highest BCUT2D eigenvalue weighted by Gasteiger charge is 2.69. The van der Waals surface area contributed by atoms with Crippen molar-refractivity contribution >= 4 is 25.8 Å². The van der Waals surface area contributed by atoms with Crippen LogP contribution < -0.4 is 0 Å². The summed E-state index contributed by atoms with van der Waals surface area (Å²) in [5.41, 5.74) is -0.101. The third-order valence-corrected chi connectivity index (χ3v) is 6.84. The predicted octanol–water partition coefficient (Wildman–Crippen LogP) is 1.32. The first kappa shape index (κ1) is 15.0. The van der Waals surface area contributed by atoms with Crippen LogP contribution in [0.15, 0.2) is 28.7 Å². The maximum absolute atomic E-state index is 12.1. The second-order valence-electron chi connectivity index (χ2n) is 4.95. The molecule has 1 saturated carbocycles. The van der Waals surface area contributed by atoms with Crippen LogP contribution in [0.1, 0.15) is 18.4 Å². The van der Waals surface area contributed by atoms with E-state index in [2.05, 4.69) is 15.9 Å². The molecule has 0 bridgehead atoms. The molecule has 0 spiro atoms. The van der Waals surface area contributed by atoms with Crippen molar-refractivity contribution in [1.82, 2.24) is 0 Å². The van der Waals surface area contributed by atoms with E-state index in [0.717, 1.165) is 10.0 Å². The second-order valence-corrected chi connectivity index (χ2v) is 8.28. The molecule has 2 atom stereocenters. The average molecular weight is 349 g/mol. The van der Waals surface area contributed by atoms with E-state index in [1.165, 1.54) is 0 Å². The largest absolute Gasteiger partial charge is 0.396 e. The number of aliphatic hydroxyl groups is 2. The maximum Gasteiger partial charge on any atom is 0.154 e. The summed E-state index contributed by atoms with van der Waals surface area (Å²) < 4.78 is 25.1. The van der Waals surface area contributed by atoms with E-state index in [4.69, 9.17) is 0 Å². The number of hydrogen-bond donors (Lipinski definition) is 2. The molecule has 0 radical (unpaired) electrons. The lowest BCUT2D eigenvalue weighted by Crippen LogP contribution is -2.23. The van der Waals surface area contributed by atoms with Gasteiger partial charge in [0.15, 0.2) is 9.84 Å². The monoisotopic (exact) mass is 348 g/mol. The molecule has 1 aliphatic rings. The molecule has 2 N–H and O–H groups in total. The molecule has 1 aromatic rings. The van der Waals surface area contributed by atoms with E-state index in [-0.39, 0.29) is 24.9 Å². The molecule has 4 nitrogen and oxygen atoms in total. The van der Waals surface area contributed by atoms with Crippen molar-refractivity contribution < 1.29 is 18.6 Å². The summed E-state index contributed by atoms with van der Waals surface area (Å²) in [4.78, 5) is 0. The molecule has 0 amide bonds. The van der Waals surface area contributed by atoms with Crippen molar-refractivity contribution in [1.29, 1.82) is 0 Å². The molecule has 1 fully saturated rings. The van der Waals surface area contributed by atoms with Crippen molar-refractivity contribution in [2.75, 3.05) is 19.0 Å². The van der Waals surface area contributed by atoms with Gasteiger partial charge in [-0.05, 0) is 17.7 Å². The Balaban J connectivity index is 2.42. The number of rotatable bonds is 5. The zero-order valence-electron chi connectivity index (χ0n) is 10.6. The van der Waals surface area contributed by atoms with Crippen molar-refractivity contribution in [3.8, 4) is 0 Å². The van der Waals surface area contributed by atoms with Gasteiger partial charge in [-0.15, -0.1) is 0 Å². The number of benzene rings is 1. The van der Waals surface area contributed by atoms with Crippen molar-refractivity contribution in [2.45, 2.75) is 18.1 Å². The van der Waals surface area contributed by atoms with Crippen LogP contribution in [0.2, 0.25) is 0 Å². The van der Waals surface area contributed by atoms with Gasteiger partial charge in [0.1, 0.15) is 0 Å². The molecule has 0 heterocycles. The molecule has 0 aromatic heterocycles. The lowest BCUT2D eigenvalue weighted by Gasteiger charge is -2.10. The van der Waals surface area contributed by atoms with Crippen LogP contribution in [-0.2, 0) is 9.84 Å². The highest BCUT2D eigenvalue weighted by molar-refractivity contribution is 9.10. The average Bonchev–Trinajstić information content (AvgIpc) is 3.10. The lowest BCUT2D eigenvalue weighted by molar-refractivity contribution is 0.130. The van der Waals surface area contributed by atoms with E-state index >= 15 is 0 Å². The number of aliphatic hydroxyl groups excluding tert-OH is 2. The van der Waals surface area contributed by atoms with Gasteiger partial charge < -0.3 is 10.2 Å². The zero-order chi connectivity index (χ0) is 14.3. The molecule has 1 aliphatic carbocycles. The Bertz CT molecular complexity index is 549. The Morgan fingerprint density at radius 2 is 1.74 bits per heavy atom. The molecule has 1 aromatic carbocycles. The smallest absolute Gasteiger partial charge is 0.154 e. The summed E-state index contributed by atoms with van der Waals surface area (Å²) in [7, 11) is -3.30. The highest BCUT2D eigenvalue weighted by Crippen LogP contribution is 2.62. The maximum atomic E-state index is 12.1. The van der Waals surface area contributed by atoms with Gasteiger partial charge >= 0.3 is 0 Å². The molecular weight excluding hydrogens is 332 g/mol. The van der Waals surface area contributed by atoms with Crippen molar-refractivity contribution in [3.05, 3.63) is 34.3 Å². The molecule has 0 saturated heterocycles. The number of hydrogen-bond acceptors (Lipinski definition) is 4. The summed E-state index contributed by atoms with van der Waals surface area (Å²) in [6, 6.07) is 7.34. The minimum atomic E-state index is -3.30. The van der Waals surface area contributed by atoms with Crippen LogP contribution >= 0.6 is 15.9 Å². The fourth-order valence-corrected chi connectivity index (χ4v) is 5.20. The summed E-state index contributed by atoms with van der Waals surface area (Å²) in [6.07, 6.45) is 0. The van der Waals surface area contributed by atoms with Gasteiger partial charge in [0.25, 0.3) is 0 Å². The molecule has 106 valence electrons. The van der Waals surface area contributed by atoms with Gasteiger partial charge in [-0.25, -0.2) is 8.42 Å². The minimum absolute atomic E-state index is 0.0203. The Hall–Kier alpha value is -0.430. The highest BCUT2D eigenvalue weighted by atomic mass is 79.9. The van der Waals surface area contributed by atoms with Crippen molar-refractivity contribution in [2.24, 2.45) is 5.41 Å². The minimum Gasteiger partial charge on any atom is -0.396 e. The Morgan fingerprint density at radius 1 is 1.21 bits per heavy atom. The fourth-order valence-electron chi connectivity index (χ4n) is 2.80. The SMILES string of the molecule is CCS(=O)(=O)C1C(c2ccc(Br)cc2)C1(CO)CO. The van der Waals surface area contributed by atoms with Gasteiger partial charge in [0, 0.05) is 21.6 Å². The second kappa shape index (κ2) is 5.16. The Morgan fingerprint density at radius 3 is 2.16 bits per heavy atom. The normalized spacial score (nSPS) is 25.3. The van der Waals surface area contributed by atoms with Gasteiger partial charge in [-0.2, -0.15) is 0 Å². The first-order valence-corrected chi connectivity index (χ1v) is 8.62. The molecule has 19 heavy (non-hydrogen) atoms. The first-order chi connectivity index (χ1) is 8.93. The van der Waals surface area contributed by atoms with Crippen LogP contribution in [0.5, 0.6) is 0 Å². The van der Waals surface area contributed by atoms with E-state index in [1.807, 2.05) is 24.3 Å². The van der Waals surface area contributed by atoms with Crippen LogP contribution in [-0.4, -0.2) is 42.8 Å². The van der Waals surface area contributed by atoms with Crippen molar-refractivity contribution in [3.63, 3.8) is 0 Å². The zero-order valence-corrected chi connectivity index (χ0v) is 13.0. The Labute approximate surface area is 121 Å². The van der Waals surface area contributed by atoms with Crippen LogP contribution in [0.4, 0.5) is 0 Å². The third kappa shape index (κ3) is 2.35. The topological polar surface area (TPSA) is 74.6 Å². The third-order valence-electron chi connectivity index (χ3n) is 3.99. The quantitative estimate of drug-likeness (QED) is 0.841. The van der Waals surface area contributed by atoms with Gasteiger partial charge in [-0.1, -0.05) is 35.0 Å². The predicted molar refractivity (Wildman–Crippen MR) is 76.7 cm³/mol. The summed E-state index contributed by atoms with van der Waals surface area (Å²) in [5, 5.41) is 18.4. The Kier molecular flexibility index (Phi) is 4.07. The van der Waals surface area contributed by atoms with Crippen LogP contribution in [0, 0.1) is 5.41 Å². The van der Waals surface area contributed by atoms with Gasteiger partial charge in [0.2, 0.25) is 0 Å². The lowest BCUT2D eigenvalue weighted by atomic mass is 10.0. The van der Waals surface area contributed by atoms with Crippen LogP contribution in [0.3, 0.4) is 0 Å². The van der Waals surface area contributed by atoms with Gasteiger partial charge in [0.05, 0.1) is 18.5 Å². The standard InChI is InChI=1S/C13H17BrO4S/c1-2-19(17,18)12-11(13(12,7-15)8-16)9-3-5-10(14)6-4-9/h3-6,11-12,15-16H,2,7-8H2,1H3. The van der Waals surface area contributed by atoms with Crippen LogP contribution in [0.25, 0.3) is 0 Å². The number of sulfone groups is 1. The van der Waals surface area contributed by atoms with Gasteiger partial charge in [-0.3, -0.25) is 0 Å². The molecule has 0 aliphatic heterocycles. The summed E-state index contributed by atoms with van der Waals surface area (Å²) in [6.45, 7) is 0.939.